The molecule has 0 saturated heterocycles. The van der Waals surface area contributed by atoms with Crippen LogP contribution in [0, 0.1) is 5.92 Å². The highest BCUT2D eigenvalue weighted by Crippen LogP contribution is 2.08. The summed E-state index contributed by atoms with van der Waals surface area (Å²) in [4.78, 5) is 4.51. The zero-order valence-corrected chi connectivity index (χ0v) is 11.0. The minimum absolute atomic E-state index is 0.173. The predicted octanol–water partition coefficient (Wildman–Crippen LogP) is 2.69. The summed E-state index contributed by atoms with van der Waals surface area (Å²) in [6.07, 6.45) is 4.05. The highest BCUT2D eigenvalue weighted by Gasteiger charge is 2.09. The standard InChI is InChI=1S/C13H18ClN3/c1-10(2)12(14)8-15-7-11-9-17-6-4-3-5-13(17)16-11/h3-6,9-10,12,15H,7-8H2,1-2H3. The molecule has 0 spiro atoms. The smallest absolute Gasteiger partial charge is 0.137 e. The van der Waals surface area contributed by atoms with Crippen molar-refractivity contribution < 1.29 is 0 Å². The van der Waals surface area contributed by atoms with Gasteiger partial charge in [-0.2, -0.15) is 0 Å². The van der Waals surface area contributed by atoms with E-state index in [1.807, 2.05) is 35.0 Å². The molecule has 2 aromatic rings. The molecule has 4 heteroatoms. The van der Waals surface area contributed by atoms with Crippen molar-refractivity contribution in [3.8, 4) is 0 Å². The molecule has 2 rings (SSSR count). The number of pyridine rings is 1. The number of nitrogens with one attached hydrogen (secondary N) is 1. The third kappa shape index (κ3) is 3.20. The van der Waals surface area contributed by atoms with Crippen LogP contribution in [0.1, 0.15) is 19.5 Å². The van der Waals surface area contributed by atoms with Crippen LogP contribution in [0.3, 0.4) is 0 Å². The highest BCUT2D eigenvalue weighted by atomic mass is 35.5. The Morgan fingerprint density at radius 2 is 2.24 bits per heavy atom. The summed E-state index contributed by atoms with van der Waals surface area (Å²) < 4.78 is 2.03. The Labute approximate surface area is 107 Å². The second-order valence-corrected chi connectivity index (χ2v) is 5.15. The molecule has 3 nitrogen and oxygen atoms in total. The van der Waals surface area contributed by atoms with Crippen LogP contribution in [0.4, 0.5) is 0 Å². The number of rotatable bonds is 5. The molecule has 17 heavy (non-hydrogen) atoms. The summed E-state index contributed by atoms with van der Waals surface area (Å²) in [5.74, 6) is 0.491. The molecule has 0 aromatic carbocycles. The number of halogens is 1. The van der Waals surface area contributed by atoms with Gasteiger partial charge in [-0.1, -0.05) is 19.9 Å². The van der Waals surface area contributed by atoms with Crippen molar-refractivity contribution in [1.29, 1.82) is 0 Å². The predicted molar refractivity (Wildman–Crippen MR) is 71.4 cm³/mol. The maximum Gasteiger partial charge on any atom is 0.137 e. The van der Waals surface area contributed by atoms with E-state index in [0.29, 0.717) is 5.92 Å². The summed E-state index contributed by atoms with van der Waals surface area (Å²) in [7, 11) is 0. The number of aromatic nitrogens is 2. The lowest BCUT2D eigenvalue weighted by molar-refractivity contribution is 0.543. The molecule has 1 atom stereocenters. The molecule has 0 amide bonds. The van der Waals surface area contributed by atoms with Crippen molar-refractivity contribution in [2.45, 2.75) is 25.8 Å². The first-order valence-corrected chi connectivity index (χ1v) is 6.38. The van der Waals surface area contributed by atoms with Crippen LogP contribution in [0.2, 0.25) is 0 Å². The number of hydrogen-bond donors (Lipinski definition) is 1. The Kier molecular flexibility index (Phi) is 4.02. The first-order valence-electron chi connectivity index (χ1n) is 5.94. The van der Waals surface area contributed by atoms with E-state index >= 15 is 0 Å². The zero-order valence-electron chi connectivity index (χ0n) is 10.2. The Morgan fingerprint density at radius 1 is 1.41 bits per heavy atom. The van der Waals surface area contributed by atoms with Crippen LogP contribution < -0.4 is 5.32 Å². The number of nitrogens with zero attached hydrogens (tertiary/aromatic N) is 2. The van der Waals surface area contributed by atoms with Crippen LogP contribution in [-0.2, 0) is 6.54 Å². The normalized spacial score (nSPS) is 13.4. The van der Waals surface area contributed by atoms with Crippen LogP contribution in [-0.4, -0.2) is 21.3 Å². The zero-order chi connectivity index (χ0) is 12.3. The fraction of sp³-hybridized carbons (Fsp3) is 0.462. The van der Waals surface area contributed by atoms with Gasteiger partial charge in [-0.25, -0.2) is 4.98 Å². The Hall–Kier alpha value is -1.06. The molecule has 0 aliphatic rings. The molecule has 1 N–H and O–H groups in total. The van der Waals surface area contributed by atoms with E-state index in [4.69, 9.17) is 11.6 Å². The Balaban J connectivity index is 1.91. The van der Waals surface area contributed by atoms with Gasteiger partial charge in [0.1, 0.15) is 5.65 Å². The van der Waals surface area contributed by atoms with Gasteiger partial charge in [0.25, 0.3) is 0 Å². The topological polar surface area (TPSA) is 29.3 Å². The quantitative estimate of drug-likeness (QED) is 0.828. The molecule has 0 bridgehead atoms. The van der Waals surface area contributed by atoms with Crippen LogP contribution in [0.25, 0.3) is 5.65 Å². The minimum atomic E-state index is 0.173. The largest absolute Gasteiger partial charge is 0.310 e. The monoisotopic (exact) mass is 251 g/mol. The van der Waals surface area contributed by atoms with Crippen molar-refractivity contribution in [3.63, 3.8) is 0 Å². The van der Waals surface area contributed by atoms with Gasteiger partial charge in [0.05, 0.1) is 5.69 Å². The van der Waals surface area contributed by atoms with E-state index in [2.05, 4.69) is 24.1 Å². The molecule has 92 valence electrons. The summed E-state index contributed by atoms with van der Waals surface area (Å²) in [5, 5.41) is 3.51. The van der Waals surface area contributed by atoms with Gasteiger partial charge in [0, 0.05) is 30.9 Å². The summed E-state index contributed by atoms with van der Waals surface area (Å²) in [5.41, 5.74) is 2.03. The van der Waals surface area contributed by atoms with Gasteiger partial charge < -0.3 is 9.72 Å². The van der Waals surface area contributed by atoms with E-state index in [0.717, 1.165) is 24.4 Å². The second kappa shape index (κ2) is 5.52. The third-order valence-electron chi connectivity index (χ3n) is 2.78. The molecule has 0 aliphatic carbocycles. The molecule has 1 unspecified atom stereocenters. The lowest BCUT2D eigenvalue weighted by Gasteiger charge is -2.13. The van der Waals surface area contributed by atoms with Gasteiger partial charge in [-0.15, -0.1) is 11.6 Å². The molecule has 0 aliphatic heterocycles. The molecule has 0 saturated carbocycles. The second-order valence-electron chi connectivity index (χ2n) is 4.59. The minimum Gasteiger partial charge on any atom is -0.310 e. The maximum atomic E-state index is 6.17. The van der Waals surface area contributed by atoms with Crippen molar-refractivity contribution >= 4 is 17.2 Å². The van der Waals surface area contributed by atoms with Crippen LogP contribution in [0.15, 0.2) is 30.6 Å². The molecule has 0 radical (unpaired) electrons. The number of fused-ring (bicyclic) bond motifs is 1. The van der Waals surface area contributed by atoms with Crippen molar-refractivity contribution in [2.75, 3.05) is 6.54 Å². The molecule has 2 heterocycles. The lowest BCUT2D eigenvalue weighted by Crippen LogP contribution is -2.26. The SMILES string of the molecule is CC(C)C(Cl)CNCc1cn2ccccc2n1. The van der Waals surface area contributed by atoms with Gasteiger partial charge in [0.2, 0.25) is 0 Å². The third-order valence-corrected chi connectivity index (χ3v) is 3.44. The molecular weight excluding hydrogens is 234 g/mol. The van der Waals surface area contributed by atoms with Gasteiger partial charge in [-0.05, 0) is 18.1 Å². The fourth-order valence-corrected chi connectivity index (χ4v) is 1.76. The van der Waals surface area contributed by atoms with Crippen molar-refractivity contribution in [1.82, 2.24) is 14.7 Å². The number of imidazole rings is 1. The van der Waals surface area contributed by atoms with Gasteiger partial charge in [-0.3, -0.25) is 0 Å². The average molecular weight is 252 g/mol. The summed E-state index contributed by atoms with van der Waals surface area (Å²) in [6, 6.07) is 5.99. The Morgan fingerprint density at radius 3 is 2.94 bits per heavy atom. The van der Waals surface area contributed by atoms with Gasteiger partial charge in [0.15, 0.2) is 0 Å². The van der Waals surface area contributed by atoms with E-state index in [9.17, 15) is 0 Å². The molecule has 0 fully saturated rings. The number of hydrogen-bond acceptors (Lipinski definition) is 2. The number of alkyl halides is 1. The van der Waals surface area contributed by atoms with Crippen molar-refractivity contribution in [2.24, 2.45) is 5.92 Å². The maximum absolute atomic E-state index is 6.17. The van der Waals surface area contributed by atoms with Crippen molar-refractivity contribution in [3.05, 3.63) is 36.3 Å². The first-order chi connectivity index (χ1) is 8.16. The van der Waals surface area contributed by atoms with E-state index in [1.165, 1.54) is 0 Å². The first kappa shape index (κ1) is 12.4. The molecular formula is C13H18ClN3. The van der Waals surface area contributed by atoms with E-state index in [-0.39, 0.29) is 5.38 Å². The fourth-order valence-electron chi connectivity index (χ4n) is 1.65. The van der Waals surface area contributed by atoms with Crippen LogP contribution in [0.5, 0.6) is 0 Å². The molecule has 2 aromatic heterocycles. The van der Waals surface area contributed by atoms with Gasteiger partial charge >= 0.3 is 0 Å². The lowest BCUT2D eigenvalue weighted by atomic mass is 10.1. The van der Waals surface area contributed by atoms with Crippen LogP contribution >= 0.6 is 11.6 Å². The van der Waals surface area contributed by atoms with E-state index < -0.39 is 0 Å². The summed E-state index contributed by atoms with van der Waals surface area (Å²) in [6.45, 7) is 5.83. The average Bonchev–Trinajstić information content (AvgIpc) is 2.71. The highest BCUT2D eigenvalue weighted by molar-refractivity contribution is 6.20. The Bertz CT molecular complexity index is 445. The van der Waals surface area contributed by atoms with E-state index in [1.54, 1.807) is 0 Å². The summed E-state index contributed by atoms with van der Waals surface area (Å²) >= 11 is 6.17.